The van der Waals surface area contributed by atoms with E-state index < -0.39 is 5.41 Å². The molecule has 4 rings (SSSR count). The van der Waals surface area contributed by atoms with Crippen molar-refractivity contribution in [2.75, 3.05) is 27.2 Å². The van der Waals surface area contributed by atoms with E-state index in [1.165, 1.54) is 6.20 Å². The molecule has 1 atom stereocenters. The van der Waals surface area contributed by atoms with Crippen LogP contribution in [0.5, 0.6) is 0 Å². The first kappa shape index (κ1) is 20.8. The lowest BCUT2D eigenvalue weighted by molar-refractivity contribution is -0.142. The van der Waals surface area contributed by atoms with Crippen LogP contribution in [0.2, 0.25) is 0 Å². The molecule has 2 amide bonds. The van der Waals surface area contributed by atoms with E-state index in [0.29, 0.717) is 25.9 Å². The number of benzene rings is 1. The number of pyridine rings is 1. The van der Waals surface area contributed by atoms with E-state index in [-0.39, 0.29) is 17.6 Å². The molecular formula is C24H26N4O3. The molecule has 2 aromatic heterocycles. The summed E-state index contributed by atoms with van der Waals surface area (Å²) in [6.45, 7) is 0.928. The molecule has 1 aliphatic heterocycles. The molecule has 0 N–H and O–H groups in total. The molecule has 0 aliphatic carbocycles. The monoisotopic (exact) mass is 418 g/mol. The summed E-state index contributed by atoms with van der Waals surface area (Å²) in [7, 11) is 3.54. The van der Waals surface area contributed by atoms with Gasteiger partial charge < -0.3 is 14.3 Å². The second-order valence-electron chi connectivity index (χ2n) is 8.26. The summed E-state index contributed by atoms with van der Waals surface area (Å²) >= 11 is 0. The molecule has 1 unspecified atom stereocenters. The number of nitrogens with zero attached hydrogens (tertiary/aromatic N) is 4. The molecule has 7 heteroatoms. The summed E-state index contributed by atoms with van der Waals surface area (Å²) in [5.74, 6) is 0.00102. The maximum Gasteiger partial charge on any atom is 0.292 e. The number of likely N-dealkylation sites (tertiary alicyclic amines) is 1. The number of aromatic nitrogens is 2. The Labute approximate surface area is 181 Å². The minimum atomic E-state index is -0.713. The highest BCUT2D eigenvalue weighted by Gasteiger charge is 2.45. The van der Waals surface area contributed by atoms with Crippen molar-refractivity contribution < 1.29 is 14.1 Å². The first-order valence-corrected chi connectivity index (χ1v) is 10.4. The van der Waals surface area contributed by atoms with Crippen LogP contribution in [0.25, 0.3) is 11.1 Å². The van der Waals surface area contributed by atoms with E-state index in [0.717, 1.165) is 23.1 Å². The zero-order chi connectivity index (χ0) is 21.8. The van der Waals surface area contributed by atoms with Crippen molar-refractivity contribution in [3.05, 3.63) is 72.4 Å². The Bertz CT molecular complexity index is 1050. The second kappa shape index (κ2) is 8.71. The molecule has 0 saturated carbocycles. The van der Waals surface area contributed by atoms with Crippen LogP contribution in [0.4, 0.5) is 0 Å². The average molecular weight is 418 g/mol. The molecule has 1 aliphatic rings. The van der Waals surface area contributed by atoms with Gasteiger partial charge in [-0.15, -0.1) is 0 Å². The first-order chi connectivity index (χ1) is 15.0. The Morgan fingerprint density at radius 1 is 1.13 bits per heavy atom. The number of hydrogen-bond acceptors (Lipinski definition) is 5. The molecule has 3 aromatic rings. The topological polar surface area (TPSA) is 79.5 Å². The van der Waals surface area contributed by atoms with Crippen LogP contribution in [0.15, 0.2) is 65.6 Å². The van der Waals surface area contributed by atoms with Gasteiger partial charge in [0.1, 0.15) is 0 Å². The smallest absolute Gasteiger partial charge is 0.292 e. The third-order valence-electron chi connectivity index (χ3n) is 5.89. The number of amides is 2. The van der Waals surface area contributed by atoms with Gasteiger partial charge in [-0.25, -0.2) is 0 Å². The van der Waals surface area contributed by atoms with Gasteiger partial charge in [-0.1, -0.05) is 35.5 Å². The van der Waals surface area contributed by atoms with E-state index in [2.05, 4.69) is 22.3 Å². The predicted molar refractivity (Wildman–Crippen MR) is 116 cm³/mol. The van der Waals surface area contributed by atoms with Crippen LogP contribution in [-0.4, -0.2) is 58.9 Å². The van der Waals surface area contributed by atoms with Crippen molar-refractivity contribution >= 4 is 11.8 Å². The SMILES string of the molecule is CN(C)C(=O)C1(Cc2ccccc2-c2cccnc2)CCCN(C(=O)c2ccno2)C1. The number of carbonyl (C=O) groups is 2. The highest BCUT2D eigenvalue weighted by molar-refractivity contribution is 5.92. The maximum atomic E-state index is 13.5. The van der Waals surface area contributed by atoms with Crippen molar-refractivity contribution in [1.82, 2.24) is 19.9 Å². The summed E-state index contributed by atoms with van der Waals surface area (Å²) in [4.78, 5) is 34.0. The minimum Gasteiger partial charge on any atom is -0.351 e. The van der Waals surface area contributed by atoms with Gasteiger partial charge in [-0.3, -0.25) is 14.6 Å². The van der Waals surface area contributed by atoms with Gasteiger partial charge in [0.25, 0.3) is 5.91 Å². The normalized spacial score (nSPS) is 18.6. The Balaban J connectivity index is 1.70. The minimum absolute atomic E-state index is 0.0311. The van der Waals surface area contributed by atoms with Gasteiger partial charge in [0, 0.05) is 51.2 Å². The van der Waals surface area contributed by atoms with Gasteiger partial charge in [0.15, 0.2) is 0 Å². The largest absolute Gasteiger partial charge is 0.351 e. The lowest BCUT2D eigenvalue weighted by atomic mass is 9.73. The van der Waals surface area contributed by atoms with Crippen LogP contribution in [0.1, 0.15) is 29.0 Å². The molecule has 1 saturated heterocycles. The fourth-order valence-corrected chi connectivity index (χ4v) is 4.50. The van der Waals surface area contributed by atoms with Crippen LogP contribution >= 0.6 is 0 Å². The van der Waals surface area contributed by atoms with Gasteiger partial charge in [0.2, 0.25) is 11.7 Å². The summed E-state index contributed by atoms with van der Waals surface area (Å²) in [6.07, 6.45) is 7.03. The fraction of sp³-hybridized carbons (Fsp3) is 0.333. The van der Waals surface area contributed by atoms with Crippen molar-refractivity contribution in [3.8, 4) is 11.1 Å². The highest BCUT2D eigenvalue weighted by atomic mass is 16.5. The molecular weight excluding hydrogens is 392 g/mol. The Kier molecular flexibility index (Phi) is 5.84. The number of carbonyl (C=O) groups excluding carboxylic acids is 2. The van der Waals surface area contributed by atoms with Gasteiger partial charge in [-0.2, -0.15) is 0 Å². The van der Waals surface area contributed by atoms with E-state index in [1.807, 2.05) is 30.5 Å². The van der Waals surface area contributed by atoms with Gasteiger partial charge in [-0.05, 0) is 36.5 Å². The molecule has 0 bridgehead atoms. The average Bonchev–Trinajstić information content (AvgIpc) is 3.34. The Morgan fingerprint density at radius 2 is 1.97 bits per heavy atom. The second-order valence-corrected chi connectivity index (χ2v) is 8.26. The quantitative estimate of drug-likeness (QED) is 0.635. The van der Waals surface area contributed by atoms with Crippen molar-refractivity contribution in [3.63, 3.8) is 0 Å². The number of rotatable bonds is 5. The van der Waals surface area contributed by atoms with Gasteiger partial charge >= 0.3 is 0 Å². The number of piperidine rings is 1. The molecule has 0 radical (unpaired) electrons. The summed E-state index contributed by atoms with van der Waals surface area (Å²) in [6, 6.07) is 13.6. The van der Waals surface area contributed by atoms with E-state index >= 15 is 0 Å². The zero-order valence-electron chi connectivity index (χ0n) is 17.8. The van der Waals surface area contributed by atoms with Gasteiger partial charge in [0.05, 0.1) is 11.6 Å². The molecule has 1 aromatic carbocycles. The maximum absolute atomic E-state index is 13.5. The number of hydrogen-bond donors (Lipinski definition) is 0. The van der Waals surface area contributed by atoms with Crippen LogP contribution in [0, 0.1) is 5.41 Å². The van der Waals surface area contributed by atoms with Crippen LogP contribution in [0.3, 0.4) is 0 Å². The van der Waals surface area contributed by atoms with E-state index in [4.69, 9.17) is 4.52 Å². The molecule has 31 heavy (non-hydrogen) atoms. The highest BCUT2D eigenvalue weighted by Crippen LogP contribution is 2.38. The zero-order valence-corrected chi connectivity index (χ0v) is 17.8. The first-order valence-electron chi connectivity index (χ1n) is 10.4. The van der Waals surface area contributed by atoms with Crippen molar-refractivity contribution in [2.45, 2.75) is 19.3 Å². The van der Waals surface area contributed by atoms with Crippen LogP contribution < -0.4 is 0 Å². The van der Waals surface area contributed by atoms with Crippen molar-refractivity contribution in [1.29, 1.82) is 0 Å². The van der Waals surface area contributed by atoms with Crippen molar-refractivity contribution in [2.24, 2.45) is 5.41 Å². The third-order valence-corrected chi connectivity index (χ3v) is 5.89. The molecule has 3 heterocycles. The van der Waals surface area contributed by atoms with E-state index in [9.17, 15) is 9.59 Å². The van der Waals surface area contributed by atoms with E-state index in [1.54, 1.807) is 36.2 Å². The Morgan fingerprint density at radius 3 is 2.68 bits per heavy atom. The third kappa shape index (κ3) is 4.21. The van der Waals surface area contributed by atoms with Crippen LogP contribution in [-0.2, 0) is 11.2 Å². The summed E-state index contributed by atoms with van der Waals surface area (Å²) < 4.78 is 5.08. The molecule has 0 spiro atoms. The lowest BCUT2D eigenvalue weighted by Gasteiger charge is -2.43. The Hall–Kier alpha value is -3.48. The fourth-order valence-electron chi connectivity index (χ4n) is 4.50. The molecule has 7 nitrogen and oxygen atoms in total. The molecule has 1 fully saturated rings. The predicted octanol–water partition coefficient (Wildman–Crippen LogP) is 3.29. The summed E-state index contributed by atoms with van der Waals surface area (Å²) in [5, 5.41) is 3.65. The standard InChI is InChI=1S/C24H26N4O3/c1-27(2)23(30)24(11-6-14-28(17-24)22(29)21-10-13-26-31-21)15-18-7-3-4-9-20(18)19-8-5-12-25-16-19/h3-5,7-10,12-13,16H,6,11,14-15,17H2,1-2H3. The molecule has 160 valence electrons. The summed E-state index contributed by atoms with van der Waals surface area (Å²) in [5.41, 5.74) is 2.42. The lowest BCUT2D eigenvalue weighted by Crippen LogP contribution is -2.54.